The predicted octanol–water partition coefficient (Wildman–Crippen LogP) is 0.816. The number of fused-ring (bicyclic) bond motifs is 1. The van der Waals surface area contributed by atoms with Gasteiger partial charge in [0.25, 0.3) is 5.91 Å². The van der Waals surface area contributed by atoms with E-state index < -0.39 is 5.76 Å². The van der Waals surface area contributed by atoms with Gasteiger partial charge in [-0.3, -0.25) is 19.4 Å². The lowest BCUT2D eigenvalue weighted by atomic mass is 10.2. The minimum Gasteiger partial charge on any atom is -0.350 e. The van der Waals surface area contributed by atoms with E-state index in [1.807, 2.05) is 18.2 Å². The van der Waals surface area contributed by atoms with Crippen LogP contribution in [-0.2, 0) is 6.42 Å². The monoisotopic (exact) mass is 399 g/mol. The molecule has 0 aliphatic heterocycles. The summed E-state index contributed by atoms with van der Waals surface area (Å²) in [5.74, 6) is -0.500. The highest BCUT2D eigenvalue weighted by Gasteiger charge is 2.14. The average Bonchev–Trinajstić information content (AvgIpc) is 3.04. The number of carbonyl (C=O) groups is 1. The van der Waals surface area contributed by atoms with Gasteiger partial charge >= 0.3 is 5.76 Å². The molecule has 0 fully saturated rings. The number of benzene rings is 1. The molecule has 0 saturated heterocycles. The minimum absolute atomic E-state index is 0.283. The molecule has 0 unspecified atom stereocenters. The highest BCUT2D eigenvalue weighted by molar-refractivity contribution is 14.1. The number of hydrogen-bond donors (Lipinski definition) is 3. The number of carbonyl (C=O) groups excluding carboxylic acids is 1. The van der Waals surface area contributed by atoms with Crippen LogP contribution in [0.25, 0.3) is 10.9 Å². The number of H-pyrrole nitrogens is 2. The zero-order chi connectivity index (χ0) is 14.8. The van der Waals surface area contributed by atoms with Crippen LogP contribution in [0.2, 0.25) is 0 Å². The second-order valence-corrected chi connectivity index (χ2v) is 5.56. The van der Waals surface area contributed by atoms with Crippen molar-refractivity contribution in [3.8, 4) is 0 Å². The third-order valence-electron chi connectivity index (χ3n) is 2.87. The first kappa shape index (κ1) is 13.8. The fourth-order valence-corrected chi connectivity index (χ4v) is 2.40. The number of hydrogen-bond acceptors (Lipinski definition) is 5. The van der Waals surface area contributed by atoms with Crippen LogP contribution in [-0.4, -0.2) is 32.8 Å². The lowest BCUT2D eigenvalue weighted by molar-refractivity contribution is 0.0950. The third-order valence-corrected chi connectivity index (χ3v) is 3.54. The van der Waals surface area contributed by atoms with Crippen molar-refractivity contribution in [2.75, 3.05) is 6.54 Å². The number of nitrogens with zero attached hydrogens (tertiary/aromatic N) is 2. The van der Waals surface area contributed by atoms with E-state index in [4.69, 9.17) is 0 Å². The molecule has 3 aromatic rings. The van der Waals surface area contributed by atoms with Crippen LogP contribution in [0.4, 0.5) is 0 Å². The third kappa shape index (κ3) is 2.96. The molecule has 2 aromatic heterocycles. The second-order valence-electron chi connectivity index (χ2n) is 4.31. The van der Waals surface area contributed by atoms with Crippen LogP contribution in [0.15, 0.2) is 27.5 Å². The zero-order valence-electron chi connectivity index (χ0n) is 10.6. The molecule has 3 rings (SSSR count). The van der Waals surface area contributed by atoms with Gasteiger partial charge in [-0.15, -0.1) is 0 Å². The number of rotatable bonds is 4. The Morgan fingerprint density at radius 3 is 3.05 bits per heavy atom. The van der Waals surface area contributed by atoms with Crippen molar-refractivity contribution < 1.29 is 9.32 Å². The lowest BCUT2D eigenvalue weighted by Gasteiger charge is -2.01. The summed E-state index contributed by atoms with van der Waals surface area (Å²) >= 11 is 2.18. The molecule has 0 bridgehead atoms. The highest BCUT2D eigenvalue weighted by Crippen LogP contribution is 2.18. The van der Waals surface area contributed by atoms with Crippen molar-refractivity contribution in [1.29, 1.82) is 0 Å². The Morgan fingerprint density at radius 2 is 2.29 bits per heavy atom. The number of aromatic nitrogens is 4. The first-order valence-corrected chi connectivity index (χ1v) is 7.18. The minimum atomic E-state index is -0.607. The van der Waals surface area contributed by atoms with Crippen molar-refractivity contribution in [3.63, 3.8) is 0 Å². The van der Waals surface area contributed by atoms with Crippen molar-refractivity contribution in [1.82, 2.24) is 25.7 Å². The first-order valence-electron chi connectivity index (χ1n) is 6.10. The Hall–Kier alpha value is -2.17. The molecule has 1 amide bonds. The quantitative estimate of drug-likeness (QED) is 0.562. The average molecular weight is 399 g/mol. The zero-order valence-corrected chi connectivity index (χ0v) is 12.8. The van der Waals surface area contributed by atoms with Crippen molar-refractivity contribution in [2.24, 2.45) is 0 Å². The number of nitrogens with one attached hydrogen (secondary N) is 3. The number of halogens is 1. The van der Waals surface area contributed by atoms with Gasteiger partial charge in [0.1, 0.15) is 0 Å². The van der Waals surface area contributed by atoms with E-state index in [9.17, 15) is 9.59 Å². The predicted molar refractivity (Wildman–Crippen MR) is 82.0 cm³/mol. The van der Waals surface area contributed by atoms with Crippen molar-refractivity contribution >= 4 is 39.4 Å². The first-order chi connectivity index (χ1) is 10.1. The molecular formula is C12H10IN5O3. The lowest BCUT2D eigenvalue weighted by Crippen LogP contribution is -2.26. The van der Waals surface area contributed by atoms with Crippen LogP contribution >= 0.6 is 22.6 Å². The molecule has 9 heteroatoms. The van der Waals surface area contributed by atoms with Gasteiger partial charge in [0.2, 0.25) is 0 Å². The second kappa shape index (κ2) is 5.68. The van der Waals surface area contributed by atoms with Gasteiger partial charge < -0.3 is 5.32 Å². The summed E-state index contributed by atoms with van der Waals surface area (Å²) in [6.07, 6.45) is 0.372. The Balaban J connectivity index is 1.69. The van der Waals surface area contributed by atoms with Crippen LogP contribution in [0.1, 0.15) is 16.3 Å². The van der Waals surface area contributed by atoms with E-state index in [-0.39, 0.29) is 5.91 Å². The molecule has 2 heterocycles. The van der Waals surface area contributed by atoms with Gasteiger partial charge in [-0.25, -0.2) is 4.79 Å². The number of amides is 1. The smallest absolute Gasteiger partial charge is 0.350 e. The van der Waals surface area contributed by atoms with E-state index in [2.05, 4.69) is 52.8 Å². The van der Waals surface area contributed by atoms with Gasteiger partial charge in [-0.2, -0.15) is 5.10 Å². The largest absolute Gasteiger partial charge is 0.438 e. The maximum Gasteiger partial charge on any atom is 0.438 e. The topological polar surface area (TPSA) is 117 Å². The van der Waals surface area contributed by atoms with E-state index in [0.29, 0.717) is 24.5 Å². The van der Waals surface area contributed by atoms with Crippen molar-refractivity contribution in [3.05, 3.63) is 43.8 Å². The SMILES string of the molecule is O=C(NCCc1noc(=O)[nH]1)c1n[nH]c2ccc(I)cc12. The van der Waals surface area contributed by atoms with Gasteiger partial charge in [0.05, 0.1) is 5.52 Å². The normalized spacial score (nSPS) is 10.9. The summed E-state index contributed by atoms with van der Waals surface area (Å²) in [6.45, 7) is 0.319. The van der Waals surface area contributed by atoms with Crippen LogP contribution < -0.4 is 11.1 Å². The van der Waals surface area contributed by atoms with E-state index in [1.54, 1.807) is 0 Å². The summed E-state index contributed by atoms with van der Waals surface area (Å²) < 4.78 is 5.40. The molecule has 1 aromatic carbocycles. The summed E-state index contributed by atoms with van der Waals surface area (Å²) in [7, 11) is 0. The Kier molecular flexibility index (Phi) is 3.73. The summed E-state index contributed by atoms with van der Waals surface area (Å²) in [6, 6.07) is 5.70. The van der Waals surface area contributed by atoms with Gasteiger partial charge in [-0.1, -0.05) is 5.16 Å². The van der Waals surface area contributed by atoms with Crippen molar-refractivity contribution in [2.45, 2.75) is 6.42 Å². The molecule has 0 spiro atoms. The molecule has 3 N–H and O–H groups in total. The molecular weight excluding hydrogens is 389 g/mol. The van der Waals surface area contributed by atoms with Crippen LogP contribution in [0.3, 0.4) is 0 Å². The molecule has 108 valence electrons. The summed E-state index contributed by atoms with van der Waals surface area (Å²) in [5.41, 5.74) is 1.15. The van der Waals surface area contributed by atoms with E-state index in [1.165, 1.54) is 0 Å². The summed E-state index contributed by atoms with van der Waals surface area (Å²) in [4.78, 5) is 25.3. The molecule has 0 aliphatic rings. The Bertz CT molecular complexity index is 850. The van der Waals surface area contributed by atoms with Gasteiger partial charge in [0, 0.05) is 21.9 Å². The van der Waals surface area contributed by atoms with E-state index >= 15 is 0 Å². The molecule has 8 nitrogen and oxygen atoms in total. The molecule has 21 heavy (non-hydrogen) atoms. The Morgan fingerprint density at radius 1 is 1.43 bits per heavy atom. The highest BCUT2D eigenvalue weighted by atomic mass is 127. The standard InChI is InChI=1S/C12H10IN5O3/c13-6-1-2-8-7(5-6)10(17-16-8)11(19)14-4-3-9-15-12(20)21-18-9/h1-2,5H,3-4H2,(H,14,19)(H,16,17)(H,15,18,20). The summed E-state index contributed by atoms with van der Waals surface area (Å²) in [5, 5.41) is 13.9. The van der Waals surface area contributed by atoms with Gasteiger partial charge in [-0.05, 0) is 40.8 Å². The molecule has 0 aliphatic carbocycles. The fraction of sp³-hybridized carbons (Fsp3) is 0.167. The van der Waals surface area contributed by atoms with E-state index in [0.717, 1.165) is 14.5 Å². The Labute approximate surface area is 131 Å². The molecule has 0 radical (unpaired) electrons. The molecule has 0 atom stereocenters. The fourth-order valence-electron chi connectivity index (χ4n) is 1.91. The van der Waals surface area contributed by atoms with Crippen LogP contribution in [0.5, 0.6) is 0 Å². The van der Waals surface area contributed by atoms with Gasteiger partial charge in [0.15, 0.2) is 11.5 Å². The maximum absolute atomic E-state index is 12.1. The molecule has 0 saturated carbocycles. The number of aromatic amines is 2. The van der Waals surface area contributed by atoms with Crippen LogP contribution in [0, 0.1) is 3.57 Å². The maximum atomic E-state index is 12.1.